The molecule has 1 aromatic carbocycles. The number of hydrogen-bond acceptors (Lipinski definition) is 5. The number of carbonyl (C=O) groups is 3. The SMILES string of the molecule is CCN(C[C@@H](C)C#N)C(=O)CNc1ccc2c(c1)C(=O)N(C)C2=O. The number of hydrogen-bond donors (Lipinski definition) is 1. The van der Waals surface area contributed by atoms with E-state index >= 15 is 0 Å². The molecule has 24 heavy (non-hydrogen) atoms. The molecule has 1 N–H and O–H groups in total. The molecule has 1 heterocycles. The van der Waals surface area contributed by atoms with Crippen LogP contribution in [0.3, 0.4) is 0 Å². The van der Waals surface area contributed by atoms with Gasteiger partial charge in [0.2, 0.25) is 5.91 Å². The number of amides is 3. The minimum Gasteiger partial charge on any atom is -0.376 e. The van der Waals surface area contributed by atoms with Gasteiger partial charge in [-0.25, -0.2) is 0 Å². The molecule has 0 saturated heterocycles. The summed E-state index contributed by atoms with van der Waals surface area (Å²) in [6.07, 6.45) is 0. The number of nitrogens with zero attached hydrogens (tertiary/aromatic N) is 3. The summed E-state index contributed by atoms with van der Waals surface area (Å²) < 4.78 is 0. The molecule has 126 valence electrons. The first-order chi connectivity index (χ1) is 11.4. The second-order valence-corrected chi connectivity index (χ2v) is 5.75. The molecular weight excluding hydrogens is 308 g/mol. The van der Waals surface area contributed by atoms with Gasteiger partial charge in [-0.15, -0.1) is 0 Å². The van der Waals surface area contributed by atoms with Crippen LogP contribution in [0.15, 0.2) is 18.2 Å². The highest BCUT2D eigenvalue weighted by atomic mass is 16.2. The summed E-state index contributed by atoms with van der Waals surface area (Å²) in [5, 5.41) is 11.8. The first-order valence-electron chi connectivity index (χ1n) is 7.76. The minimum absolute atomic E-state index is 0.0583. The summed E-state index contributed by atoms with van der Waals surface area (Å²) in [5.41, 5.74) is 1.31. The molecular formula is C17H20N4O3. The van der Waals surface area contributed by atoms with Gasteiger partial charge in [-0.05, 0) is 32.0 Å². The summed E-state index contributed by atoms with van der Waals surface area (Å²) in [6.45, 7) is 4.59. The highest BCUT2D eigenvalue weighted by Crippen LogP contribution is 2.24. The maximum Gasteiger partial charge on any atom is 0.261 e. The first-order valence-corrected chi connectivity index (χ1v) is 7.76. The molecule has 0 unspecified atom stereocenters. The van der Waals surface area contributed by atoms with E-state index in [0.717, 1.165) is 4.90 Å². The standard InChI is InChI=1S/C17H20N4O3/c1-4-21(10-11(2)8-18)15(22)9-19-12-5-6-13-14(7-12)17(24)20(3)16(13)23/h5-7,11,19H,4,9-10H2,1-3H3/t11-/m0/s1. The Labute approximate surface area is 140 Å². The van der Waals surface area contributed by atoms with Crippen LogP contribution in [0.1, 0.15) is 34.6 Å². The van der Waals surface area contributed by atoms with Crippen molar-refractivity contribution in [2.24, 2.45) is 5.92 Å². The van der Waals surface area contributed by atoms with Crippen molar-refractivity contribution in [3.8, 4) is 6.07 Å². The van der Waals surface area contributed by atoms with E-state index < -0.39 is 0 Å². The Morgan fingerprint density at radius 3 is 2.62 bits per heavy atom. The predicted molar refractivity (Wildman–Crippen MR) is 88.4 cm³/mol. The lowest BCUT2D eigenvalue weighted by Crippen LogP contribution is -2.38. The molecule has 1 atom stereocenters. The van der Waals surface area contributed by atoms with Crippen LogP contribution in [0.2, 0.25) is 0 Å². The van der Waals surface area contributed by atoms with Gasteiger partial charge in [-0.1, -0.05) is 0 Å². The second-order valence-electron chi connectivity index (χ2n) is 5.75. The van der Waals surface area contributed by atoms with E-state index in [1.54, 1.807) is 30.0 Å². The third-order valence-electron chi connectivity index (χ3n) is 3.98. The van der Waals surface area contributed by atoms with E-state index in [1.165, 1.54) is 7.05 Å². The quantitative estimate of drug-likeness (QED) is 0.795. The van der Waals surface area contributed by atoms with Crippen LogP contribution in [-0.2, 0) is 4.79 Å². The molecule has 0 radical (unpaired) electrons. The molecule has 0 bridgehead atoms. The molecule has 0 aliphatic carbocycles. The number of imide groups is 1. The minimum atomic E-state index is -0.344. The zero-order chi connectivity index (χ0) is 17.9. The molecule has 3 amide bonds. The molecule has 0 fully saturated rings. The van der Waals surface area contributed by atoms with Crippen molar-refractivity contribution in [2.45, 2.75) is 13.8 Å². The van der Waals surface area contributed by atoms with E-state index in [4.69, 9.17) is 5.26 Å². The highest BCUT2D eigenvalue weighted by molar-refractivity contribution is 6.21. The van der Waals surface area contributed by atoms with E-state index in [2.05, 4.69) is 11.4 Å². The smallest absolute Gasteiger partial charge is 0.261 e. The van der Waals surface area contributed by atoms with Crippen molar-refractivity contribution in [2.75, 3.05) is 32.0 Å². The first kappa shape index (κ1) is 17.5. The van der Waals surface area contributed by atoms with E-state index in [-0.39, 0.29) is 30.2 Å². The van der Waals surface area contributed by atoms with Gasteiger partial charge in [0.05, 0.1) is 29.7 Å². The second kappa shape index (κ2) is 7.13. The number of likely N-dealkylation sites (N-methyl/N-ethyl adjacent to an activating group) is 1. The number of carbonyl (C=O) groups excluding carboxylic acids is 3. The summed E-state index contributed by atoms with van der Waals surface area (Å²) in [7, 11) is 1.44. The zero-order valence-corrected chi connectivity index (χ0v) is 14.0. The monoisotopic (exact) mass is 328 g/mol. The fourth-order valence-corrected chi connectivity index (χ4v) is 2.54. The fourth-order valence-electron chi connectivity index (χ4n) is 2.54. The summed E-state index contributed by atoms with van der Waals surface area (Å²) >= 11 is 0. The van der Waals surface area contributed by atoms with Gasteiger partial charge in [0, 0.05) is 25.8 Å². The Morgan fingerprint density at radius 1 is 1.33 bits per heavy atom. The van der Waals surface area contributed by atoms with Crippen molar-refractivity contribution in [1.29, 1.82) is 5.26 Å². The van der Waals surface area contributed by atoms with Crippen molar-refractivity contribution in [3.63, 3.8) is 0 Å². The topological polar surface area (TPSA) is 93.5 Å². The maximum atomic E-state index is 12.2. The lowest BCUT2D eigenvalue weighted by atomic mass is 10.1. The lowest BCUT2D eigenvalue weighted by Gasteiger charge is -2.22. The molecule has 7 nitrogen and oxygen atoms in total. The third kappa shape index (κ3) is 3.38. The molecule has 0 aromatic heterocycles. The van der Waals surface area contributed by atoms with Gasteiger partial charge in [0.15, 0.2) is 0 Å². The Bertz CT molecular complexity index is 723. The van der Waals surface area contributed by atoms with Crippen LogP contribution in [0.25, 0.3) is 0 Å². The largest absolute Gasteiger partial charge is 0.376 e. The molecule has 1 aromatic rings. The van der Waals surface area contributed by atoms with Crippen LogP contribution in [0.5, 0.6) is 0 Å². The number of fused-ring (bicyclic) bond motifs is 1. The van der Waals surface area contributed by atoms with Gasteiger partial charge in [0.1, 0.15) is 0 Å². The van der Waals surface area contributed by atoms with Gasteiger partial charge in [-0.3, -0.25) is 19.3 Å². The fraction of sp³-hybridized carbons (Fsp3) is 0.412. The molecule has 2 rings (SSSR count). The summed E-state index contributed by atoms with van der Waals surface area (Å²) in [5.74, 6) is -1.02. The highest BCUT2D eigenvalue weighted by Gasteiger charge is 2.32. The predicted octanol–water partition coefficient (Wildman–Crippen LogP) is 1.33. The Kier molecular flexibility index (Phi) is 5.19. The number of rotatable bonds is 6. The van der Waals surface area contributed by atoms with E-state index in [9.17, 15) is 14.4 Å². The van der Waals surface area contributed by atoms with Crippen LogP contribution in [0, 0.1) is 17.2 Å². The van der Waals surface area contributed by atoms with E-state index in [1.807, 2.05) is 6.92 Å². The Hall–Kier alpha value is -2.88. The zero-order valence-electron chi connectivity index (χ0n) is 14.0. The summed E-state index contributed by atoms with van der Waals surface area (Å²) in [4.78, 5) is 38.7. The van der Waals surface area contributed by atoms with Crippen molar-refractivity contribution >= 4 is 23.4 Å². The molecule has 7 heteroatoms. The third-order valence-corrected chi connectivity index (χ3v) is 3.98. The van der Waals surface area contributed by atoms with Crippen LogP contribution < -0.4 is 5.32 Å². The van der Waals surface area contributed by atoms with Gasteiger partial charge in [-0.2, -0.15) is 5.26 Å². The van der Waals surface area contributed by atoms with Crippen molar-refractivity contribution < 1.29 is 14.4 Å². The van der Waals surface area contributed by atoms with Crippen LogP contribution in [-0.4, -0.2) is 54.2 Å². The van der Waals surface area contributed by atoms with Gasteiger partial charge < -0.3 is 10.2 Å². The number of nitriles is 1. The Balaban J connectivity index is 2.03. The van der Waals surface area contributed by atoms with Crippen LogP contribution >= 0.6 is 0 Å². The van der Waals surface area contributed by atoms with Crippen molar-refractivity contribution in [3.05, 3.63) is 29.3 Å². The number of benzene rings is 1. The lowest BCUT2D eigenvalue weighted by molar-refractivity contribution is -0.129. The van der Waals surface area contributed by atoms with Crippen molar-refractivity contribution in [1.82, 2.24) is 9.80 Å². The number of nitrogens with one attached hydrogen (secondary N) is 1. The Morgan fingerprint density at radius 2 is 2.00 bits per heavy atom. The molecule has 1 aliphatic heterocycles. The number of anilines is 1. The average Bonchev–Trinajstić information content (AvgIpc) is 2.81. The average molecular weight is 328 g/mol. The van der Waals surface area contributed by atoms with Gasteiger partial charge >= 0.3 is 0 Å². The van der Waals surface area contributed by atoms with Crippen LogP contribution in [0.4, 0.5) is 5.69 Å². The van der Waals surface area contributed by atoms with E-state index in [0.29, 0.717) is 29.9 Å². The molecule has 1 aliphatic rings. The molecule has 0 saturated carbocycles. The normalized spacial score (nSPS) is 14.2. The molecule has 0 spiro atoms. The van der Waals surface area contributed by atoms with Gasteiger partial charge in [0.25, 0.3) is 11.8 Å². The maximum absolute atomic E-state index is 12.2. The summed E-state index contributed by atoms with van der Waals surface area (Å²) in [6, 6.07) is 6.95.